The standard InChI is InChI=1S/C19H22N2O3.ClH/c1-19(2,13-20)21-17(22)12-24-16-10-8-15(9-11-16)18(23)14-6-4-3-5-7-14;/h3-11H,12-13,20H2,1-2H3,(H,21,22);1H. The lowest BCUT2D eigenvalue weighted by Gasteiger charge is -2.24. The number of amides is 1. The smallest absolute Gasteiger partial charge is 0.258 e. The summed E-state index contributed by atoms with van der Waals surface area (Å²) in [6, 6.07) is 15.8. The van der Waals surface area contributed by atoms with Gasteiger partial charge in [0.2, 0.25) is 0 Å². The molecule has 0 aliphatic heterocycles. The number of ketones is 1. The minimum absolute atomic E-state index is 0. The fraction of sp³-hybridized carbons (Fsp3) is 0.263. The zero-order valence-electron chi connectivity index (χ0n) is 14.3. The van der Waals surface area contributed by atoms with Crippen molar-refractivity contribution < 1.29 is 14.3 Å². The number of carbonyl (C=O) groups excluding carboxylic acids is 2. The van der Waals surface area contributed by atoms with Crippen LogP contribution < -0.4 is 15.8 Å². The van der Waals surface area contributed by atoms with E-state index in [0.717, 1.165) is 0 Å². The molecule has 0 saturated heterocycles. The Bertz CT molecular complexity index is 700. The molecule has 0 heterocycles. The molecule has 2 aromatic rings. The van der Waals surface area contributed by atoms with Gasteiger partial charge in [0.1, 0.15) is 5.75 Å². The van der Waals surface area contributed by atoms with Crippen molar-refractivity contribution in [2.24, 2.45) is 5.73 Å². The van der Waals surface area contributed by atoms with E-state index in [0.29, 0.717) is 23.4 Å². The van der Waals surface area contributed by atoms with E-state index < -0.39 is 5.54 Å². The van der Waals surface area contributed by atoms with E-state index in [4.69, 9.17) is 10.5 Å². The van der Waals surface area contributed by atoms with E-state index in [2.05, 4.69) is 5.32 Å². The molecule has 0 saturated carbocycles. The van der Waals surface area contributed by atoms with Gasteiger partial charge in [-0.25, -0.2) is 0 Å². The topological polar surface area (TPSA) is 81.4 Å². The lowest BCUT2D eigenvalue weighted by Crippen LogP contribution is -2.50. The zero-order valence-corrected chi connectivity index (χ0v) is 15.1. The van der Waals surface area contributed by atoms with Gasteiger partial charge in [-0.1, -0.05) is 30.3 Å². The number of hydrogen-bond donors (Lipinski definition) is 2. The van der Waals surface area contributed by atoms with Crippen LogP contribution in [0, 0.1) is 0 Å². The fourth-order valence-electron chi connectivity index (χ4n) is 2.07. The monoisotopic (exact) mass is 362 g/mol. The summed E-state index contributed by atoms with van der Waals surface area (Å²) in [6.07, 6.45) is 0. The molecule has 2 rings (SSSR count). The van der Waals surface area contributed by atoms with Crippen LogP contribution in [0.5, 0.6) is 5.75 Å². The minimum Gasteiger partial charge on any atom is -0.484 e. The molecular formula is C19H23ClN2O3. The van der Waals surface area contributed by atoms with Gasteiger partial charge >= 0.3 is 0 Å². The van der Waals surface area contributed by atoms with Gasteiger partial charge in [0.05, 0.1) is 0 Å². The first-order valence-electron chi connectivity index (χ1n) is 7.75. The van der Waals surface area contributed by atoms with Gasteiger partial charge in [0.25, 0.3) is 5.91 Å². The van der Waals surface area contributed by atoms with Gasteiger partial charge in [-0.15, -0.1) is 12.4 Å². The number of nitrogens with one attached hydrogen (secondary N) is 1. The summed E-state index contributed by atoms with van der Waals surface area (Å²) in [5.74, 6) is 0.236. The summed E-state index contributed by atoms with van der Waals surface area (Å²) in [5.41, 5.74) is 6.31. The molecule has 1 amide bonds. The zero-order chi connectivity index (χ0) is 17.6. The highest BCUT2D eigenvalue weighted by atomic mass is 35.5. The number of halogens is 1. The third-order valence-corrected chi connectivity index (χ3v) is 3.51. The number of hydrogen-bond acceptors (Lipinski definition) is 4. The highest BCUT2D eigenvalue weighted by Crippen LogP contribution is 2.15. The Morgan fingerprint density at radius 3 is 2.12 bits per heavy atom. The van der Waals surface area contributed by atoms with Crippen LogP contribution in [0.25, 0.3) is 0 Å². The maximum Gasteiger partial charge on any atom is 0.258 e. The van der Waals surface area contributed by atoms with Crippen LogP contribution in [0.1, 0.15) is 29.8 Å². The Morgan fingerprint density at radius 1 is 1.00 bits per heavy atom. The summed E-state index contributed by atoms with van der Waals surface area (Å²) in [4.78, 5) is 24.1. The molecule has 0 aromatic heterocycles. The fourth-order valence-corrected chi connectivity index (χ4v) is 2.07. The molecule has 0 aliphatic rings. The first-order valence-corrected chi connectivity index (χ1v) is 7.75. The van der Waals surface area contributed by atoms with Crippen LogP contribution in [0.4, 0.5) is 0 Å². The maximum absolute atomic E-state index is 12.3. The van der Waals surface area contributed by atoms with Crippen molar-refractivity contribution in [3.05, 3.63) is 65.7 Å². The van der Waals surface area contributed by atoms with Crippen LogP contribution in [0.15, 0.2) is 54.6 Å². The Kier molecular flexibility index (Phi) is 7.61. The van der Waals surface area contributed by atoms with Crippen molar-refractivity contribution in [3.8, 4) is 5.75 Å². The van der Waals surface area contributed by atoms with Gasteiger partial charge in [-0.3, -0.25) is 9.59 Å². The van der Waals surface area contributed by atoms with E-state index in [1.54, 1.807) is 36.4 Å². The maximum atomic E-state index is 12.3. The van der Waals surface area contributed by atoms with Crippen LogP contribution in [-0.2, 0) is 4.79 Å². The van der Waals surface area contributed by atoms with Gasteiger partial charge in [-0.05, 0) is 38.1 Å². The molecule has 3 N–H and O–H groups in total. The molecule has 134 valence electrons. The second kappa shape index (κ2) is 9.20. The van der Waals surface area contributed by atoms with Crippen LogP contribution in [0.2, 0.25) is 0 Å². The summed E-state index contributed by atoms with van der Waals surface area (Å²) in [6.45, 7) is 3.92. The van der Waals surface area contributed by atoms with Gasteiger partial charge in [-0.2, -0.15) is 0 Å². The third kappa shape index (κ3) is 6.21. The van der Waals surface area contributed by atoms with Crippen molar-refractivity contribution >= 4 is 24.1 Å². The number of benzene rings is 2. The van der Waals surface area contributed by atoms with Crippen molar-refractivity contribution in [2.45, 2.75) is 19.4 Å². The van der Waals surface area contributed by atoms with E-state index in [1.807, 2.05) is 32.0 Å². The average Bonchev–Trinajstić information content (AvgIpc) is 2.60. The Balaban J connectivity index is 0.00000312. The lowest BCUT2D eigenvalue weighted by molar-refractivity contribution is -0.124. The molecule has 0 bridgehead atoms. The minimum atomic E-state index is -0.466. The Hall–Kier alpha value is -2.37. The molecule has 5 nitrogen and oxygen atoms in total. The number of carbonyl (C=O) groups is 2. The first kappa shape index (κ1) is 20.7. The molecule has 0 atom stereocenters. The normalized spacial score (nSPS) is 10.5. The summed E-state index contributed by atoms with van der Waals surface area (Å²) in [5, 5.41) is 2.78. The number of rotatable bonds is 7. The van der Waals surface area contributed by atoms with E-state index in [-0.39, 0.29) is 30.7 Å². The third-order valence-electron chi connectivity index (χ3n) is 3.51. The highest BCUT2D eigenvalue weighted by molar-refractivity contribution is 6.08. The summed E-state index contributed by atoms with van der Waals surface area (Å²) in [7, 11) is 0. The van der Waals surface area contributed by atoms with Crippen molar-refractivity contribution in [2.75, 3.05) is 13.2 Å². The van der Waals surface area contributed by atoms with Gasteiger partial charge in [0.15, 0.2) is 12.4 Å². The van der Waals surface area contributed by atoms with Crippen molar-refractivity contribution in [3.63, 3.8) is 0 Å². The Morgan fingerprint density at radius 2 is 1.56 bits per heavy atom. The molecule has 0 aliphatic carbocycles. The van der Waals surface area contributed by atoms with Gasteiger partial charge in [0, 0.05) is 23.2 Å². The molecular weight excluding hydrogens is 340 g/mol. The molecule has 6 heteroatoms. The molecule has 0 radical (unpaired) electrons. The quantitative estimate of drug-likeness (QED) is 0.742. The van der Waals surface area contributed by atoms with Crippen molar-refractivity contribution in [1.82, 2.24) is 5.32 Å². The molecule has 2 aromatic carbocycles. The van der Waals surface area contributed by atoms with Crippen LogP contribution in [0.3, 0.4) is 0 Å². The molecule has 0 spiro atoms. The Labute approximate surface area is 154 Å². The molecule has 25 heavy (non-hydrogen) atoms. The molecule has 0 fully saturated rings. The van der Waals surface area contributed by atoms with Crippen LogP contribution >= 0.6 is 12.4 Å². The SMILES string of the molecule is CC(C)(CN)NC(=O)COc1ccc(C(=O)c2ccccc2)cc1.Cl. The first-order chi connectivity index (χ1) is 11.4. The lowest BCUT2D eigenvalue weighted by atomic mass is 10.0. The van der Waals surface area contributed by atoms with Crippen molar-refractivity contribution in [1.29, 1.82) is 0 Å². The molecule has 0 unspecified atom stereocenters. The second-order valence-corrected chi connectivity index (χ2v) is 6.14. The highest BCUT2D eigenvalue weighted by Gasteiger charge is 2.18. The number of ether oxygens (including phenoxy) is 1. The summed E-state index contributed by atoms with van der Waals surface area (Å²) >= 11 is 0. The summed E-state index contributed by atoms with van der Waals surface area (Å²) < 4.78 is 5.43. The number of nitrogens with two attached hydrogens (primary N) is 1. The largest absolute Gasteiger partial charge is 0.484 e. The van der Waals surface area contributed by atoms with E-state index in [9.17, 15) is 9.59 Å². The predicted octanol–water partition coefficient (Wildman–Crippen LogP) is 2.57. The predicted molar refractivity (Wildman–Crippen MR) is 100 cm³/mol. The second-order valence-electron chi connectivity index (χ2n) is 6.14. The van der Waals surface area contributed by atoms with E-state index in [1.165, 1.54) is 0 Å². The average molecular weight is 363 g/mol. The van der Waals surface area contributed by atoms with Gasteiger partial charge < -0.3 is 15.8 Å². The van der Waals surface area contributed by atoms with Crippen LogP contribution in [-0.4, -0.2) is 30.4 Å². The van der Waals surface area contributed by atoms with E-state index >= 15 is 0 Å².